The largest absolute Gasteiger partial charge is 0.493 e. The highest BCUT2D eigenvalue weighted by Gasteiger charge is 2.12. The van der Waals surface area contributed by atoms with Crippen molar-refractivity contribution in [3.8, 4) is 11.5 Å². The summed E-state index contributed by atoms with van der Waals surface area (Å²) >= 11 is 3.24. The molecular formula is C14H16BrN3O3. The van der Waals surface area contributed by atoms with Crippen LogP contribution in [-0.4, -0.2) is 24.4 Å². The van der Waals surface area contributed by atoms with Crippen LogP contribution in [0.15, 0.2) is 33.7 Å². The van der Waals surface area contributed by atoms with Crippen molar-refractivity contribution < 1.29 is 9.47 Å². The number of H-pyrrole nitrogens is 1. The van der Waals surface area contributed by atoms with Crippen molar-refractivity contribution >= 4 is 21.6 Å². The first kappa shape index (κ1) is 15.4. The SMILES string of the molecule is COc1ccc(C(C)Nc2cn[nH]c(=O)c2Br)cc1OC. The number of hydrogen-bond acceptors (Lipinski definition) is 5. The minimum absolute atomic E-state index is 0.0373. The first-order valence-corrected chi connectivity index (χ1v) is 7.07. The molecule has 0 fully saturated rings. The normalized spacial score (nSPS) is 11.8. The zero-order valence-corrected chi connectivity index (χ0v) is 13.5. The van der Waals surface area contributed by atoms with Crippen molar-refractivity contribution in [3.63, 3.8) is 0 Å². The molecule has 21 heavy (non-hydrogen) atoms. The fourth-order valence-corrected chi connectivity index (χ4v) is 2.23. The standard InChI is InChI=1S/C14H16BrN3O3/c1-8(17-10-7-16-18-14(19)13(10)15)9-4-5-11(20-2)12(6-9)21-3/h4-8H,1-3H3,(H2,17,18,19). The summed E-state index contributed by atoms with van der Waals surface area (Å²) in [5, 5.41) is 9.37. The average molecular weight is 354 g/mol. The van der Waals surface area contributed by atoms with Gasteiger partial charge in [-0.1, -0.05) is 6.07 Å². The van der Waals surface area contributed by atoms with Crippen LogP contribution in [-0.2, 0) is 0 Å². The van der Waals surface area contributed by atoms with Crippen LogP contribution in [0.5, 0.6) is 11.5 Å². The molecule has 0 aliphatic carbocycles. The van der Waals surface area contributed by atoms with Crippen molar-refractivity contribution in [1.82, 2.24) is 10.2 Å². The summed E-state index contributed by atoms with van der Waals surface area (Å²) in [7, 11) is 3.19. The second-order valence-corrected chi connectivity index (χ2v) is 5.20. The fraction of sp³-hybridized carbons (Fsp3) is 0.286. The molecule has 1 heterocycles. The van der Waals surface area contributed by atoms with Gasteiger partial charge < -0.3 is 14.8 Å². The van der Waals surface area contributed by atoms with Crippen LogP contribution < -0.4 is 20.3 Å². The molecule has 7 heteroatoms. The Morgan fingerprint density at radius 3 is 2.67 bits per heavy atom. The van der Waals surface area contributed by atoms with Gasteiger partial charge in [0.2, 0.25) is 0 Å². The maximum absolute atomic E-state index is 11.5. The summed E-state index contributed by atoms with van der Waals surface area (Å²) < 4.78 is 10.9. The number of nitrogens with zero attached hydrogens (tertiary/aromatic N) is 1. The molecule has 1 unspecified atom stereocenters. The highest BCUT2D eigenvalue weighted by molar-refractivity contribution is 9.10. The number of benzene rings is 1. The van der Waals surface area contributed by atoms with Crippen LogP contribution in [0.1, 0.15) is 18.5 Å². The number of hydrogen-bond donors (Lipinski definition) is 2. The van der Waals surface area contributed by atoms with E-state index in [1.54, 1.807) is 20.4 Å². The molecule has 2 rings (SSSR count). The smallest absolute Gasteiger partial charge is 0.280 e. The first-order valence-electron chi connectivity index (χ1n) is 6.28. The van der Waals surface area contributed by atoms with Gasteiger partial charge in [-0.25, -0.2) is 5.10 Å². The summed E-state index contributed by atoms with van der Waals surface area (Å²) in [5.74, 6) is 1.33. The van der Waals surface area contributed by atoms with Gasteiger partial charge in [0.15, 0.2) is 11.5 Å². The predicted molar refractivity (Wildman–Crippen MR) is 84.1 cm³/mol. The van der Waals surface area contributed by atoms with Crippen LogP contribution >= 0.6 is 15.9 Å². The molecule has 0 aliphatic heterocycles. The van der Waals surface area contributed by atoms with E-state index in [1.807, 2.05) is 25.1 Å². The lowest BCUT2D eigenvalue weighted by Gasteiger charge is -2.17. The van der Waals surface area contributed by atoms with Crippen LogP contribution in [0.2, 0.25) is 0 Å². The van der Waals surface area contributed by atoms with E-state index in [2.05, 4.69) is 31.4 Å². The highest BCUT2D eigenvalue weighted by atomic mass is 79.9. The second-order valence-electron chi connectivity index (χ2n) is 4.41. The Morgan fingerprint density at radius 1 is 1.29 bits per heavy atom. The summed E-state index contributed by atoms with van der Waals surface area (Å²) in [6, 6.07) is 5.64. The molecule has 1 aromatic heterocycles. The van der Waals surface area contributed by atoms with Gasteiger partial charge >= 0.3 is 0 Å². The van der Waals surface area contributed by atoms with Gasteiger partial charge in [-0.15, -0.1) is 0 Å². The van der Waals surface area contributed by atoms with E-state index in [4.69, 9.17) is 9.47 Å². The molecule has 112 valence electrons. The van der Waals surface area contributed by atoms with Crippen molar-refractivity contribution in [2.75, 3.05) is 19.5 Å². The first-order chi connectivity index (χ1) is 10.1. The van der Waals surface area contributed by atoms with E-state index in [-0.39, 0.29) is 11.6 Å². The molecule has 0 aliphatic rings. The van der Waals surface area contributed by atoms with E-state index in [1.165, 1.54) is 0 Å². The molecule has 1 atom stereocenters. The molecule has 2 aromatic rings. The molecule has 1 aromatic carbocycles. The highest BCUT2D eigenvalue weighted by Crippen LogP contribution is 2.31. The minimum atomic E-state index is -0.278. The van der Waals surface area contributed by atoms with E-state index in [9.17, 15) is 4.79 Å². The topological polar surface area (TPSA) is 76.2 Å². The van der Waals surface area contributed by atoms with Crippen molar-refractivity contribution in [3.05, 3.63) is 44.8 Å². The van der Waals surface area contributed by atoms with E-state index < -0.39 is 0 Å². The Hall–Kier alpha value is -2.02. The molecule has 0 bridgehead atoms. The van der Waals surface area contributed by atoms with Crippen LogP contribution in [0.3, 0.4) is 0 Å². The van der Waals surface area contributed by atoms with Crippen LogP contribution in [0, 0.1) is 0 Å². The van der Waals surface area contributed by atoms with E-state index >= 15 is 0 Å². The molecule has 0 amide bonds. The minimum Gasteiger partial charge on any atom is -0.493 e. The lowest BCUT2D eigenvalue weighted by molar-refractivity contribution is 0.354. The van der Waals surface area contributed by atoms with E-state index in [0.717, 1.165) is 5.56 Å². The van der Waals surface area contributed by atoms with Gasteiger partial charge in [0.25, 0.3) is 5.56 Å². The maximum Gasteiger partial charge on any atom is 0.280 e. The lowest BCUT2D eigenvalue weighted by atomic mass is 10.1. The van der Waals surface area contributed by atoms with Crippen LogP contribution in [0.4, 0.5) is 5.69 Å². The molecule has 0 radical (unpaired) electrons. The number of ether oxygens (including phenoxy) is 2. The Bertz CT molecular complexity index is 687. The molecule has 6 nitrogen and oxygen atoms in total. The molecule has 0 spiro atoms. The van der Waals surface area contributed by atoms with Gasteiger partial charge in [-0.3, -0.25) is 4.79 Å². The number of rotatable bonds is 5. The summed E-state index contributed by atoms with van der Waals surface area (Å²) in [5.41, 5.74) is 1.35. The third-order valence-corrected chi connectivity index (χ3v) is 3.86. The van der Waals surface area contributed by atoms with Crippen LogP contribution in [0.25, 0.3) is 0 Å². The van der Waals surface area contributed by atoms with Gasteiger partial charge in [0, 0.05) is 6.04 Å². The molecule has 2 N–H and O–H groups in total. The number of aromatic amines is 1. The maximum atomic E-state index is 11.5. The Balaban J connectivity index is 2.26. The number of methoxy groups -OCH3 is 2. The lowest BCUT2D eigenvalue weighted by Crippen LogP contribution is -2.14. The van der Waals surface area contributed by atoms with Gasteiger partial charge in [0.05, 0.1) is 26.1 Å². The van der Waals surface area contributed by atoms with Crippen molar-refractivity contribution in [1.29, 1.82) is 0 Å². The van der Waals surface area contributed by atoms with Crippen molar-refractivity contribution in [2.24, 2.45) is 0 Å². The second kappa shape index (κ2) is 6.62. The summed E-state index contributed by atoms with van der Waals surface area (Å²) in [4.78, 5) is 11.5. The third-order valence-electron chi connectivity index (χ3n) is 3.08. The van der Waals surface area contributed by atoms with Crippen molar-refractivity contribution in [2.45, 2.75) is 13.0 Å². The zero-order chi connectivity index (χ0) is 15.4. The average Bonchev–Trinajstić information content (AvgIpc) is 2.51. The molecular weight excluding hydrogens is 338 g/mol. The number of anilines is 1. The fourth-order valence-electron chi connectivity index (χ4n) is 1.92. The number of halogens is 1. The van der Waals surface area contributed by atoms with Gasteiger partial charge in [-0.05, 0) is 40.5 Å². The zero-order valence-electron chi connectivity index (χ0n) is 11.9. The quantitative estimate of drug-likeness (QED) is 0.864. The Labute approximate surface area is 130 Å². The van der Waals surface area contributed by atoms with E-state index in [0.29, 0.717) is 21.7 Å². The Morgan fingerprint density at radius 2 is 2.00 bits per heavy atom. The molecule has 0 saturated carbocycles. The van der Waals surface area contributed by atoms with Gasteiger partial charge in [-0.2, -0.15) is 5.10 Å². The predicted octanol–water partition coefficient (Wildman–Crippen LogP) is 2.72. The monoisotopic (exact) mass is 353 g/mol. The number of aromatic nitrogens is 2. The Kier molecular flexibility index (Phi) is 4.85. The third kappa shape index (κ3) is 3.36. The number of nitrogens with one attached hydrogen (secondary N) is 2. The summed E-state index contributed by atoms with van der Waals surface area (Å²) in [6.45, 7) is 1.98. The van der Waals surface area contributed by atoms with Gasteiger partial charge in [0.1, 0.15) is 4.47 Å². The molecule has 0 saturated heterocycles. The summed E-state index contributed by atoms with van der Waals surface area (Å²) in [6.07, 6.45) is 1.56.